The molecule has 1 N–H and O–H groups in total. The Morgan fingerprint density at radius 2 is 1.92 bits per heavy atom. The Kier molecular flexibility index (Phi) is 3.39. The lowest BCUT2D eigenvalue weighted by Crippen LogP contribution is -2.32. The van der Waals surface area contributed by atoms with E-state index in [1.54, 1.807) is 0 Å². The van der Waals surface area contributed by atoms with E-state index in [1.165, 1.54) is 25.7 Å². The van der Waals surface area contributed by atoms with Gasteiger partial charge in [-0.3, -0.25) is 0 Å². The first kappa shape index (κ1) is 11.0. The van der Waals surface area contributed by atoms with Crippen LogP contribution in [0, 0.1) is 17.8 Å². The third kappa shape index (κ3) is 2.70. The van der Waals surface area contributed by atoms with E-state index in [2.05, 4.69) is 13.8 Å². The van der Waals surface area contributed by atoms with Gasteiger partial charge < -0.3 is 5.11 Å². The Hall–Kier alpha value is -0.0400. The topological polar surface area (TPSA) is 20.2 Å². The van der Waals surface area contributed by atoms with Gasteiger partial charge in [-0.05, 0) is 44.4 Å². The summed E-state index contributed by atoms with van der Waals surface area (Å²) in [5.74, 6) is 2.09. The molecule has 0 spiro atoms. The van der Waals surface area contributed by atoms with Gasteiger partial charge in [0.2, 0.25) is 0 Å². The molecular formula is C12H24O. The van der Waals surface area contributed by atoms with Crippen LogP contribution < -0.4 is 0 Å². The molecule has 0 aromatic rings. The molecule has 0 aromatic carbocycles. The predicted molar refractivity (Wildman–Crippen MR) is 56.6 cm³/mol. The van der Waals surface area contributed by atoms with Crippen molar-refractivity contribution in [1.29, 1.82) is 0 Å². The Labute approximate surface area is 82.5 Å². The van der Waals surface area contributed by atoms with Crippen LogP contribution in [0.2, 0.25) is 0 Å². The van der Waals surface area contributed by atoms with Crippen LogP contribution in [-0.4, -0.2) is 10.7 Å². The molecule has 1 nitrogen and oxygen atoms in total. The lowest BCUT2D eigenvalue weighted by molar-refractivity contribution is 0.00219. The fraction of sp³-hybridized carbons (Fsp3) is 1.00. The molecule has 1 fully saturated rings. The normalized spacial score (nSPS) is 35.3. The zero-order chi connectivity index (χ0) is 10.1. The van der Waals surface area contributed by atoms with Gasteiger partial charge in [0, 0.05) is 0 Å². The maximum atomic E-state index is 9.97. The Morgan fingerprint density at radius 1 is 1.31 bits per heavy atom. The van der Waals surface area contributed by atoms with Gasteiger partial charge in [0.1, 0.15) is 0 Å². The second-order valence-electron chi connectivity index (χ2n) is 5.36. The van der Waals surface area contributed by atoms with Crippen LogP contribution >= 0.6 is 0 Å². The van der Waals surface area contributed by atoms with Gasteiger partial charge in [0.25, 0.3) is 0 Å². The highest BCUT2D eigenvalue weighted by Gasteiger charge is 2.39. The third-order valence-electron chi connectivity index (χ3n) is 3.58. The van der Waals surface area contributed by atoms with Crippen LogP contribution in [0.4, 0.5) is 0 Å². The molecule has 3 unspecified atom stereocenters. The molecule has 0 saturated heterocycles. The van der Waals surface area contributed by atoms with Gasteiger partial charge in [-0.1, -0.05) is 26.7 Å². The SMILES string of the molecule is CCCC1CC(C)C(C(C)(C)O)C1. The Bertz CT molecular complexity index is 157. The fourth-order valence-electron chi connectivity index (χ4n) is 3.01. The molecule has 1 saturated carbocycles. The second-order valence-corrected chi connectivity index (χ2v) is 5.36. The lowest BCUT2D eigenvalue weighted by Gasteiger charge is -2.29. The van der Waals surface area contributed by atoms with Crippen molar-refractivity contribution in [2.75, 3.05) is 0 Å². The number of rotatable bonds is 3. The maximum Gasteiger partial charge on any atom is 0.0622 e. The summed E-state index contributed by atoms with van der Waals surface area (Å²) in [5.41, 5.74) is -0.470. The molecule has 1 aliphatic rings. The van der Waals surface area contributed by atoms with Crippen LogP contribution in [0.1, 0.15) is 53.4 Å². The minimum absolute atomic E-state index is 0.470. The molecule has 1 aliphatic carbocycles. The summed E-state index contributed by atoms with van der Waals surface area (Å²) in [7, 11) is 0. The molecule has 1 heteroatoms. The summed E-state index contributed by atoms with van der Waals surface area (Å²) in [6, 6.07) is 0. The van der Waals surface area contributed by atoms with E-state index in [9.17, 15) is 5.11 Å². The molecular weight excluding hydrogens is 160 g/mol. The first-order valence-corrected chi connectivity index (χ1v) is 5.67. The standard InChI is InChI=1S/C12H24O/c1-5-6-10-7-9(2)11(8-10)12(3,4)13/h9-11,13H,5-8H2,1-4H3. The van der Waals surface area contributed by atoms with E-state index in [4.69, 9.17) is 0 Å². The number of hydrogen-bond acceptors (Lipinski definition) is 1. The van der Waals surface area contributed by atoms with Crippen LogP contribution in [-0.2, 0) is 0 Å². The molecule has 13 heavy (non-hydrogen) atoms. The van der Waals surface area contributed by atoms with Crippen molar-refractivity contribution in [3.8, 4) is 0 Å². The van der Waals surface area contributed by atoms with E-state index in [0.29, 0.717) is 11.8 Å². The van der Waals surface area contributed by atoms with E-state index >= 15 is 0 Å². The zero-order valence-electron chi connectivity index (χ0n) is 9.51. The highest BCUT2D eigenvalue weighted by Crippen LogP contribution is 2.43. The van der Waals surface area contributed by atoms with Crippen molar-refractivity contribution in [3.05, 3.63) is 0 Å². The average molecular weight is 184 g/mol. The molecule has 0 aliphatic heterocycles. The second kappa shape index (κ2) is 4.00. The maximum absolute atomic E-state index is 9.97. The minimum Gasteiger partial charge on any atom is -0.390 e. The predicted octanol–water partition coefficient (Wildman–Crippen LogP) is 3.22. The lowest BCUT2D eigenvalue weighted by atomic mass is 9.83. The molecule has 0 aromatic heterocycles. The molecule has 78 valence electrons. The molecule has 0 heterocycles. The molecule has 0 amide bonds. The smallest absolute Gasteiger partial charge is 0.0622 e. The van der Waals surface area contributed by atoms with Crippen molar-refractivity contribution in [2.24, 2.45) is 17.8 Å². The molecule has 0 bridgehead atoms. The van der Waals surface area contributed by atoms with Crippen LogP contribution in [0.15, 0.2) is 0 Å². The molecule has 0 radical (unpaired) electrons. The van der Waals surface area contributed by atoms with E-state index < -0.39 is 5.60 Å². The van der Waals surface area contributed by atoms with Crippen molar-refractivity contribution >= 4 is 0 Å². The van der Waals surface area contributed by atoms with E-state index in [0.717, 1.165) is 5.92 Å². The van der Waals surface area contributed by atoms with Crippen molar-refractivity contribution < 1.29 is 5.11 Å². The average Bonchev–Trinajstić information content (AvgIpc) is 2.30. The highest BCUT2D eigenvalue weighted by molar-refractivity contribution is 4.89. The van der Waals surface area contributed by atoms with Crippen molar-refractivity contribution in [3.63, 3.8) is 0 Å². The van der Waals surface area contributed by atoms with Gasteiger partial charge in [-0.25, -0.2) is 0 Å². The largest absolute Gasteiger partial charge is 0.390 e. The summed E-state index contributed by atoms with van der Waals surface area (Å²) in [6.45, 7) is 8.46. The summed E-state index contributed by atoms with van der Waals surface area (Å²) in [6.07, 6.45) is 5.19. The first-order chi connectivity index (χ1) is 5.95. The van der Waals surface area contributed by atoms with Gasteiger partial charge in [0.05, 0.1) is 5.60 Å². The minimum atomic E-state index is -0.470. The number of hydrogen-bond donors (Lipinski definition) is 1. The summed E-state index contributed by atoms with van der Waals surface area (Å²) < 4.78 is 0. The van der Waals surface area contributed by atoms with Crippen molar-refractivity contribution in [2.45, 2.75) is 59.0 Å². The van der Waals surface area contributed by atoms with E-state index in [1.807, 2.05) is 13.8 Å². The highest BCUT2D eigenvalue weighted by atomic mass is 16.3. The monoisotopic (exact) mass is 184 g/mol. The van der Waals surface area contributed by atoms with Crippen LogP contribution in [0.5, 0.6) is 0 Å². The first-order valence-electron chi connectivity index (χ1n) is 5.67. The molecule has 3 atom stereocenters. The van der Waals surface area contributed by atoms with Gasteiger partial charge in [-0.2, -0.15) is 0 Å². The van der Waals surface area contributed by atoms with Gasteiger partial charge in [0.15, 0.2) is 0 Å². The van der Waals surface area contributed by atoms with Crippen LogP contribution in [0.3, 0.4) is 0 Å². The van der Waals surface area contributed by atoms with E-state index in [-0.39, 0.29) is 0 Å². The zero-order valence-corrected chi connectivity index (χ0v) is 9.51. The third-order valence-corrected chi connectivity index (χ3v) is 3.58. The summed E-state index contributed by atoms with van der Waals surface area (Å²) in [4.78, 5) is 0. The quantitative estimate of drug-likeness (QED) is 0.714. The fourth-order valence-corrected chi connectivity index (χ4v) is 3.01. The van der Waals surface area contributed by atoms with Gasteiger partial charge >= 0.3 is 0 Å². The molecule has 1 rings (SSSR count). The Balaban J connectivity index is 2.51. The Morgan fingerprint density at radius 3 is 2.31 bits per heavy atom. The summed E-state index contributed by atoms with van der Waals surface area (Å²) >= 11 is 0. The summed E-state index contributed by atoms with van der Waals surface area (Å²) in [5, 5.41) is 9.97. The van der Waals surface area contributed by atoms with Crippen molar-refractivity contribution in [1.82, 2.24) is 0 Å². The van der Waals surface area contributed by atoms with Crippen LogP contribution in [0.25, 0.3) is 0 Å². The van der Waals surface area contributed by atoms with Gasteiger partial charge in [-0.15, -0.1) is 0 Å². The number of aliphatic hydroxyl groups is 1.